The summed E-state index contributed by atoms with van der Waals surface area (Å²) in [6.07, 6.45) is 3.41. The van der Waals surface area contributed by atoms with E-state index in [4.69, 9.17) is 23.2 Å². The van der Waals surface area contributed by atoms with Gasteiger partial charge in [-0.05, 0) is 44.9 Å². The van der Waals surface area contributed by atoms with Crippen LogP contribution in [0.3, 0.4) is 0 Å². The number of nitrogens with zero attached hydrogens (tertiary/aromatic N) is 2. The number of ketones is 1. The van der Waals surface area contributed by atoms with Crippen LogP contribution in [0, 0.1) is 5.41 Å². The summed E-state index contributed by atoms with van der Waals surface area (Å²) < 4.78 is 0. The summed E-state index contributed by atoms with van der Waals surface area (Å²) in [5, 5.41) is 1.00. The van der Waals surface area contributed by atoms with Crippen molar-refractivity contribution in [3.63, 3.8) is 0 Å². The molecule has 1 aromatic carbocycles. The molecule has 23 heavy (non-hydrogen) atoms. The van der Waals surface area contributed by atoms with Crippen LogP contribution in [0.5, 0.6) is 0 Å². The topological polar surface area (TPSA) is 23.6 Å². The van der Waals surface area contributed by atoms with Crippen molar-refractivity contribution in [2.24, 2.45) is 5.41 Å². The Labute approximate surface area is 149 Å². The normalized spacial score (nSPS) is 12.6. The van der Waals surface area contributed by atoms with Gasteiger partial charge in [-0.2, -0.15) is 0 Å². The molecule has 0 spiro atoms. The fourth-order valence-electron chi connectivity index (χ4n) is 2.22. The number of halogens is 2. The molecule has 0 unspecified atom stereocenters. The van der Waals surface area contributed by atoms with Crippen LogP contribution < -0.4 is 0 Å². The maximum absolute atomic E-state index is 12.5. The summed E-state index contributed by atoms with van der Waals surface area (Å²) >= 11 is 11.9. The molecular weight excluding hydrogens is 331 g/mol. The van der Waals surface area contributed by atoms with Crippen molar-refractivity contribution in [2.45, 2.75) is 13.8 Å². The molecule has 3 nitrogen and oxygen atoms in total. The van der Waals surface area contributed by atoms with Crippen molar-refractivity contribution in [1.82, 2.24) is 9.80 Å². The maximum atomic E-state index is 12.5. The van der Waals surface area contributed by atoms with Crippen LogP contribution in [0.1, 0.15) is 19.4 Å². The molecule has 0 atom stereocenters. The quantitative estimate of drug-likeness (QED) is 0.655. The minimum Gasteiger partial charge on any atom is -0.308 e. The molecule has 0 bridgehead atoms. The lowest BCUT2D eigenvalue weighted by Crippen LogP contribution is -2.39. The van der Waals surface area contributed by atoms with Crippen molar-refractivity contribution < 1.29 is 4.79 Å². The maximum Gasteiger partial charge on any atom is 0.162 e. The average molecular weight is 357 g/mol. The van der Waals surface area contributed by atoms with Gasteiger partial charge in [0.1, 0.15) is 0 Å². The highest BCUT2D eigenvalue weighted by molar-refractivity contribution is 6.42. The summed E-state index contributed by atoms with van der Waals surface area (Å²) in [6.45, 7) is 6.56. The van der Waals surface area contributed by atoms with E-state index in [0.29, 0.717) is 16.6 Å². The second kappa shape index (κ2) is 8.84. The Hall–Kier alpha value is -0.870. The second-order valence-corrected chi connectivity index (χ2v) is 7.61. The molecule has 0 aliphatic carbocycles. The number of carbonyl (C=O) groups excluding carboxylic acids is 1. The summed E-state index contributed by atoms with van der Waals surface area (Å²) in [6, 6.07) is 5.33. The molecule has 0 amide bonds. The molecule has 0 radical (unpaired) electrons. The summed E-state index contributed by atoms with van der Waals surface area (Å²) in [7, 11) is 6.13. The van der Waals surface area contributed by atoms with Gasteiger partial charge in [-0.15, -0.1) is 0 Å². The van der Waals surface area contributed by atoms with Crippen LogP contribution >= 0.6 is 23.2 Å². The predicted molar refractivity (Wildman–Crippen MR) is 100 cm³/mol. The van der Waals surface area contributed by atoms with Gasteiger partial charge in [-0.1, -0.05) is 49.2 Å². The lowest BCUT2D eigenvalue weighted by Gasteiger charge is -2.28. The Kier molecular flexibility index (Phi) is 7.75. The first-order valence-corrected chi connectivity index (χ1v) is 8.38. The van der Waals surface area contributed by atoms with E-state index in [0.717, 1.165) is 18.7 Å². The Bertz CT molecular complexity index is 568. The van der Waals surface area contributed by atoms with Crippen molar-refractivity contribution in [3.05, 3.63) is 39.9 Å². The molecule has 0 saturated carbocycles. The first-order valence-electron chi connectivity index (χ1n) is 7.62. The van der Waals surface area contributed by atoms with Crippen LogP contribution in [-0.4, -0.2) is 56.4 Å². The largest absolute Gasteiger partial charge is 0.308 e. The van der Waals surface area contributed by atoms with E-state index < -0.39 is 5.41 Å². The van der Waals surface area contributed by atoms with Gasteiger partial charge in [0, 0.05) is 25.0 Å². The Balaban J connectivity index is 2.66. The van der Waals surface area contributed by atoms with E-state index in [-0.39, 0.29) is 5.78 Å². The van der Waals surface area contributed by atoms with Gasteiger partial charge in [0.25, 0.3) is 0 Å². The average Bonchev–Trinajstić information content (AvgIpc) is 2.45. The zero-order valence-corrected chi connectivity index (χ0v) is 16.1. The third-order valence-corrected chi connectivity index (χ3v) is 4.37. The molecule has 0 fully saturated rings. The van der Waals surface area contributed by atoms with Crippen molar-refractivity contribution >= 4 is 35.1 Å². The van der Waals surface area contributed by atoms with E-state index in [2.05, 4.69) is 9.80 Å². The Morgan fingerprint density at radius 3 is 2.35 bits per heavy atom. The summed E-state index contributed by atoms with van der Waals surface area (Å²) in [5.74, 6) is 0.0975. The highest BCUT2D eigenvalue weighted by Gasteiger charge is 2.26. The van der Waals surface area contributed by atoms with Gasteiger partial charge in [-0.3, -0.25) is 4.79 Å². The van der Waals surface area contributed by atoms with E-state index >= 15 is 0 Å². The molecule has 0 N–H and O–H groups in total. The molecule has 0 saturated heterocycles. The molecule has 128 valence electrons. The zero-order valence-electron chi connectivity index (χ0n) is 14.6. The lowest BCUT2D eigenvalue weighted by atomic mass is 9.87. The Morgan fingerprint density at radius 1 is 1.13 bits per heavy atom. The van der Waals surface area contributed by atoms with E-state index in [9.17, 15) is 4.79 Å². The third kappa shape index (κ3) is 7.05. The second-order valence-electron chi connectivity index (χ2n) is 6.80. The monoisotopic (exact) mass is 356 g/mol. The van der Waals surface area contributed by atoms with Crippen LogP contribution in [0.2, 0.25) is 10.0 Å². The number of rotatable bonds is 8. The number of carbonyl (C=O) groups is 1. The fourth-order valence-corrected chi connectivity index (χ4v) is 2.52. The van der Waals surface area contributed by atoms with Gasteiger partial charge in [0.15, 0.2) is 5.78 Å². The first kappa shape index (κ1) is 20.2. The van der Waals surface area contributed by atoms with E-state index in [1.807, 2.05) is 41.1 Å². The van der Waals surface area contributed by atoms with Crippen LogP contribution in [0.15, 0.2) is 24.3 Å². The molecule has 1 aromatic rings. The zero-order chi connectivity index (χ0) is 17.6. The number of allylic oxidation sites excluding steroid dienone is 1. The fraction of sp³-hybridized carbons (Fsp3) is 0.500. The lowest BCUT2D eigenvalue weighted by molar-refractivity contribution is -0.122. The molecular formula is C18H26Cl2N2O. The first-order chi connectivity index (χ1) is 10.6. The van der Waals surface area contributed by atoms with E-state index in [1.54, 1.807) is 24.3 Å². The standard InChI is InChI=1S/C18H26Cl2N2O/c1-18(2,13-22(5)11-10-21(3)4)17(23)9-7-14-6-8-15(19)16(20)12-14/h6-9,12H,10-11,13H2,1-5H3. The molecule has 1 rings (SSSR count). The highest BCUT2D eigenvalue weighted by atomic mass is 35.5. The molecule has 5 heteroatoms. The molecule has 0 aromatic heterocycles. The van der Waals surface area contributed by atoms with Crippen LogP contribution in [-0.2, 0) is 4.79 Å². The van der Waals surface area contributed by atoms with Crippen LogP contribution in [0.4, 0.5) is 0 Å². The minimum atomic E-state index is -0.437. The smallest absolute Gasteiger partial charge is 0.162 e. The number of hydrogen-bond donors (Lipinski definition) is 0. The van der Waals surface area contributed by atoms with Gasteiger partial charge >= 0.3 is 0 Å². The third-order valence-electron chi connectivity index (χ3n) is 3.63. The predicted octanol–water partition coefficient (Wildman–Crippen LogP) is 4.10. The number of likely N-dealkylation sites (N-methyl/N-ethyl adjacent to an activating group) is 2. The molecule has 0 heterocycles. The Morgan fingerprint density at radius 2 is 1.78 bits per heavy atom. The number of benzene rings is 1. The van der Waals surface area contributed by atoms with Gasteiger partial charge in [-0.25, -0.2) is 0 Å². The SMILES string of the molecule is CN(C)CCN(C)CC(C)(C)C(=O)C=Cc1ccc(Cl)c(Cl)c1. The van der Waals surface area contributed by atoms with Crippen molar-refractivity contribution in [1.29, 1.82) is 0 Å². The summed E-state index contributed by atoms with van der Waals surface area (Å²) in [5.41, 5.74) is 0.429. The van der Waals surface area contributed by atoms with Gasteiger partial charge in [0.2, 0.25) is 0 Å². The van der Waals surface area contributed by atoms with Gasteiger partial charge < -0.3 is 9.80 Å². The minimum absolute atomic E-state index is 0.0975. The highest BCUT2D eigenvalue weighted by Crippen LogP contribution is 2.24. The van der Waals surface area contributed by atoms with Crippen molar-refractivity contribution in [3.8, 4) is 0 Å². The summed E-state index contributed by atoms with van der Waals surface area (Å²) in [4.78, 5) is 16.8. The molecule has 0 aliphatic rings. The van der Waals surface area contributed by atoms with Gasteiger partial charge in [0.05, 0.1) is 10.0 Å². The van der Waals surface area contributed by atoms with Crippen LogP contribution in [0.25, 0.3) is 6.08 Å². The van der Waals surface area contributed by atoms with Crippen molar-refractivity contribution in [2.75, 3.05) is 40.8 Å². The number of hydrogen-bond acceptors (Lipinski definition) is 3. The molecule has 0 aliphatic heterocycles. The van der Waals surface area contributed by atoms with E-state index in [1.165, 1.54) is 0 Å².